The van der Waals surface area contributed by atoms with E-state index in [9.17, 15) is 0 Å². The minimum Gasteiger partial charge on any atom is -0.343 e. The van der Waals surface area contributed by atoms with Crippen LogP contribution in [0.25, 0.3) is 0 Å². The molecule has 0 spiro atoms. The predicted molar refractivity (Wildman–Crippen MR) is 84.6 cm³/mol. The van der Waals surface area contributed by atoms with E-state index in [0.29, 0.717) is 17.9 Å². The van der Waals surface area contributed by atoms with Gasteiger partial charge in [-0.1, -0.05) is 53.0 Å². The van der Waals surface area contributed by atoms with Gasteiger partial charge >= 0.3 is 0 Å². The monoisotopic (exact) mass is 296 g/mol. The SMILES string of the molecule is CCCCC1C=CC(O[C@H]2C[C@@H](C)CC[C@@H]2C(C)C)OO1. The Morgan fingerprint density at radius 3 is 2.62 bits per heavy atom. The summed E-state index contributed by atoms with van der Waals surface area (Å²) in [5, 5.41) is 0. The topological polar surface area (TPSA) is 27.7 Å². The quantitative estimate of drug-likeness (QED) is 0.517. The lowest BCUT2D eigenvalue weighted by Crippen LogP contribution is -2.38. The standard InChI is InChI=1S/C18H32O3/c1-5-6-7-15-9-11-18(21-20-15)19-17-12-14(4)8-10-16(17)13(2)3/h9,11,13-18H,5-8,10,12H2,1-4H3/t14-,15?,16+,17-,18?/m0/s1. The molecule has 0 amide bonds. The van der Waals surface area contributed by atoms with Crippen LogP contribution < -0.4 is 0 Å². The summed E-state index contributed by atoms with van der Waals surface area (Å²) in [4.78, 5) is 10.9. The van der Waals surface area contributed by atoms with Gasteiger partial charge in [0.25, 0.3) is 0 Å². The number of hydrogen-bond donors (Lipinski definition) is 0. The molecular formula is C18H32O3. The van der Waals surface area contributed by atoms with E-state index in [1.165, 1.54) is 25.7 Å². The van der Waals surface area contributed by atoms with E-state index < -0.39 is 0 Å². The largest absolute Gasteiger partial charge is 0.343 e. The van der Waals surface area contributed by atoms with Gasteiger partial charge in [-0.3, -0.25) is 0 Å². The van der Waals surface area contributed by atoms with Gasteiger partial charge in [-0.05, 0) is 43.1 Å². The fourth-order valence-corrected chi connectivity index (χ4v) is 3.47. The second kappa shape index (κ2) is 8.30. The zero-order chi connectivity index (χ0) is 15.2. The van der Waals surface area contributed by atoms with Gasteiger partial charge in [0.2, 0.25) is 6.29 Å². The molecule has 2 rings (SSSR count). The molecule has 122 valence electrons. The van der Waals surface area contributed by atoms with Crippen LogP contribution in [0.5, 0.6) is 0 Å². The third-order valence-corrected chi connectivity index (χ3v) is 4.87. The molecule has 0 radical (unpaired) electrons. The van der Waals surface area contributed by atoms with Crippen LogP contribution in [0, 0.1) is 17.8 Å². The molecule has 3 heteroatoms. The molecule has 1 heterocycles. The molecule has 0 N–H and O–H groups in total. The number of rotatable bonds is 6. The molecule has 0 saturated heterocycles. The molecule has 0 aromatic heterocycles. The Balaban J connectivity index is 1.85. The van der Waals surface area contributed by atoms with Crippen LogP contribution in [0.3, 0.4) is 0 Å². The average molecular weight is 296 g/mol. The summed E-state index contributed by atoms with van der Waals surface area (Å²) in [6.07, 6.45) is 11.3. The van der Waals surface area contributed by atoms with Crippen LogP contribution in [0.4, 0.5) is 0 Å². The van der Waals surface area contributed by atoms with Gasteiger partial charge in [-0.15, -0.1) is 0 Å². The Labute approximate surface area is 130 Å². The normalized spacial score (nSPS) is 37.1. The van der Waals surface area contributed by atoms with Crippen LogP contribution >= 0.6 is 0 Å². The van der Waals surface area contributed by atoms with E-state index in [1.54, 1.807) is 0 Å². The molecule has 1 aliphatic heterocycles. The first-order valence-electron chi connectivity index (χ1n) is 8.76. The van der Waals surface area contributed by atoms with Crippen molar-refractivity contribution in [3.05, 3.63) is 12.2 Å². The summed E-state index contributed by atoms with van der Waals surface area (Å²) < 4.78 is 6.20. The minimum absolute atomic E-state index is 0.0935. The third-order valence-electron chi connectivity index (χ3n) is 4.87. The van der Waals surface area contributed by atoms with Crippen molar-refractivity contribution in [2.45, 2.75) is 84.7 Å². The third kappa shape index (κ3) is 5.08. The van der Waals surface area contributed by atoms with Crippen molar-refractivity contribution >= 4 is 0 Å². The van der Waals surface area contributed by atoms with E-state index in [4.69, 9.17) is 14.5 Å². The maximum absolute atomic E-state index is 6.20. The summed E-state index contributed by atoms with van der Waals surface area (Å²) in [5.74, 6) is 2.04. The van der Waals surface area contributed by atoms with E-state index in [2.05, 4.69) is 33.8 Å². The van der Waals surface area contributed by atoms with Gasteiger partial charge < -0.3 is 4.74 Å². The number of ether oxygens (including phenoxy) is 1. The fourth-order valence-electron chi connectivity index (χ4n) is 3.47. The van der Waals surface area contributed by atoms with E-state index >= 15 is 0 Å². The molecule has 21 heavy (non-hydrogen) atoms. The van der Waals surface area contributed by atoms with Crippen molar-refractivity contribution < 1.29 is 14.5 Å². The average Bonchev–Trinajstić information content (AvgIpc) is 2.46. The molecule has 3 nitrogen and oxygen atoms in total. The second-order valence-electron chi connectivity index (χ2n) is 7.13. The summed E-state index contributed by atoms with van der Waals surface area (Å²) in [6, 6.07) is 0. The van der Waals surface area contributed by atoms with Crippen molar-refractivity contribution in [2.75, 3.05) is 0 Å². The van der Waals surface area contributed by atoms with Gasteiger partial charge in [0.1, 0.15) is 6.10 Å². The molecule has 1 aliphatic carbocycles. The van der Waals surface area contributed by atoms with Gasteiger partial charge in [-0.25, -0.2) is 4.89 Å². The molecular weight excluding hydrogens is 264 g/mol. The Morgan fingerprint density at radius 2 is 2.00 bits per heavy atom. The van der Waals surface area contributed by atoms with Gasteiger partial charge in [-0.2, -0.15) is 4.89 Å². The molecule has 2 unspecified atom stereocenters. The highest BCUT2D eigenvalue weighted by Crippen LogP contribution is 2.36. The highest BCUT2D eigenvalue weighted by atomic mass is 17.2. The highest BCUT2D eigenvalue weighted by molar-refractivity contribution is 4.94. The number of hydrogen-bond acceptors (Lipinski definition) is 3. The molecule has 1 saturated carbocycles. The lowest BCUT2D eigenvalue weighted by molar-refractivity contribution is -0.395. The minimum atomic E-state index is -0.334. The van der Waals surface area contributed by atoms with Crippen LogP contribution in [0.15, 0.2) is 12.2 Å². The molecule has 2 aliphatic rings. The lowest BCUT2D eigenvalue weighted by atomic mass is 9.75. The molecule has 0 aromatic rings. The zero-order valence-electron chi connectivity index (χ0n) is 14.1. The van der Waals surface area contributed by atoms with Crippen LogP contribution in [-0.2, 0) is 14.5 Å². The van der Waals surface area contributed by atoms with Gasteiger partial charge in [0, 0.05) is 0 Å². The summed E-state index contributed by atoms with van der Waals surface area (Å²) >= 11 is 0. The summed E-state index contributed by atoms with van der Waals surface area (Å²) in [7, 11) is 0. The molecule has 0 aromatic carbocycles. The Kier molecular flexibility index (Phi) is 6.72. The first kappa shape index (κ1) is 17.0. The number of unbranched alkanes of at least 4 members (excludes halogenated alkanes) is 1. The fraction of sp³-hybridized carbons (Fsp3) is 0.889. The summed E-state index contributed by atoms with van der Waals surface area (Å²) in [6.45, 7) is 9.11. The van der Waals surface area contributed by atoms with Crippen molar-refractivity contribution in [1.82, 2.24) is 0 Å². The molecule has 0 bridgehead atoms. The molecule has 5 atom stereocenters. The Morgan fingerprint density at radius 1 is 1.19 bits per heavy atom. The van der Waals surface area contributed by atoms with Crippen molar-refractivity contribution in [2.24, 2.45) is 17.8 Å². The smallest absolute Gasteiger partial charge is 0.210 e. The summed E-state index contributed by atoms with van der Waals surface area (Å²) in [5.41, 5.74) is 0. The van der Waals surface area contributed by atoms with Crippen LogP contribution in [0.1, 0.15) is 66.2 Å². The zero-order valence-corrected chi connectivity index (χ0v) is 14.1. The van der Waals surface area contributed by atoms with Crippen LogP contribution in [0.2, 0.25) is 0 Å². The van der Waals surface area contributed by atoms with Crippen molar-refractivity contribution in [1.29, 1.82) is 0 Å². The van der Waals surface area contributed by atoms with E-state index in [0.717, 1.165) is 18.8 Å². The van der Waals surface area contributed by atoms with E-state index in [-0.39, 0.29) is 12.4 Å². The molecule has 1 fully saturated rings. The first-order chi connectivity index (χ1) is 10.1. The van der Waals surface area contributed by atoms with Crippen molar-refractivity contribution in [3.63, 3.8) is 0 Å². The highest BCUT2D eigenvalue weighted by Gasteiger charge is 2.33. The van der Waals surface area contributed by atoms with Crippen molar-refractivity contribution in [3.8, 4) is 0 Å². The Bertz CT molecular complexity index is 326. The van der Waals surface area contributed by atoms with Crippen LogP contribution in [-0.4, -0.2) is 18.5 Å². The maximum Gasteiger partial charge on any atom is 0.210 e. The maximum atomic E-state index is 6.20. The van der Waals surface area contributed by atoms with Gasteiger partial charge in [0.15, 0.2) is 0 Å². The van der Waals surface area contributed by atoms with E-state index in [1.807, 2.05) is 6.08 Å². The lowest BCUT2D eigenvalue weighted by Gasteiger charge is -2.38. The first-order valence-corrected chi connectivity index (χ1v) is 8.76. The van der Waals surface area contributed by atoms with Gasteiger partial charge in [0.05, 0.1) is 6.10 Å². The predicted octanol–water partition coefficient (Wildman–Crippen LogP) is 4.87. The second-order valence-corrected chi connectivity index (χ2v) is 7.13. The Hall–Kier alpha value is -0.380.